The summed E-state index contributed by atoms with van der Waals surface area (Å²) < 4.78 is 0. The molecule has 2 rings (SSSR count). The van der Waals surface area contributed by atoms with Gasteiger partial charge in [-0.15, -0.1) is 0 Å². The predicted octanol–water partition coefficient (Wildman–Crippen LogP) is 0.481. The first-order chi connectivity index (χ1) is 8.66. The minimum atomic E-state index is 0.175. The van der Waals surface area contributed by atoms with Crippen molar-refractivity contribution in [1.29, 1.82) is 0 Å². The van der Waals surface area contributed by atoms with Crippen molar-refractivity contribution in [3.63, 3.8) is 0 Å². The van der Waals surface area contributed by atoms with Gasteiger partial charge in [0.05, 0.1) is 0 Å². The molecule has 1 fully saturated rings. The lowest BCUT2D eigenvalue weighted by Crippen LogP contribution is -2.30. The number of nitrogens with zero attached hydrogens (tertiary/aromatic N) is 3. The van der Waals surface area contributed by atoms with E-state index in [0.29, 0.717) is 19.0 Å². The lowest BCUT2D eigenvalue weighted by molar-refractivity contribution is -0.122. The van der Waals surface area contributed by atoms with Crippen LogP contribution in [0.15, 0.2) is 12.3 Å². The Morgan fingerprint density at radius 1 is 1.44 bits per heavy atom. The third kappa shape index (κ3) is 3.58. The number of amides is 1. The second-order valence-electron chi connectivity index (χ2n) is 4.63. The Bertz CT molecular complexity index is 417. The molecular weight excluding hydrogens is 230 g/mol. The van der Waals surface area contributed by atoms with Gasteiger partial charge in [-0.25, -0.2) is 4.98 Å². The van der Waals surface area contributed by atoms with Crippen LogP contribution in [-0.2, 0) is 4.79 Å². The molecule has 98 valence electrons. The van der Waals surface area contributed by atoms with Crippen LogP contribution >= 0.6 is 0 Å². The van der Waals surface area contributed by atoms with E-state index in [-0.39, 0.29) is 11.8 Å². The number of aromatic nitrogens is 2. The summed E-state index contributed by atoms with van der Waals surface area (Å²) in [4.78, 5) is 21.7. The Hall–Kier alpha value is -1.85. The molecule has 0 bridgehead atoms. The van der Waals surface area contributed by atoms with Crippen molar-refractivity contribution >= 4 is 17.7 Å². The molecule has 2 N–H and O–H groups in total. The van der Waals surface area contributed by atoms with Crippen LogP contribution in [0.2, 0.25) is 0 Å². The molecule has 0 radical (unpaired) electrons. The molecule has 0 unspecified atom stereocenters. The maximum atomic E-state index is 11.4. The predicted molar refractivity (Wildman–Crippen MR) is 70.6 cm³/mol. The van der Waals surface area contributed by atoms with Crippen molar-refractivity contribution in [3.8, 4) is 0 Å². The van der Waals surface area contributed by atoms with Crippen molar-refractivity contribution < 1.29 is 4.79 Å². The van der Waals surface area contributed by atoms with Crippen LogP contribution < -0.4 is 15.5 Å². The summed E-state index contributed by atoms with van der Waals surface area (Å²) in [5.74, 6) is 1.88. The Kier molecular flexibility index (Phi) is 3.96. The van der Waals surface area contributed by atoms with Crippen molar-refractivity contribution in [1.82, 2.24) is 15.3 Å². The van der Waals surface area contributed by atoms with E-state index in [0.717, 1.165) is 18.7 Å². The summed E-state index contributed by atoms with van der Waals surface area (Å²) in [6.07, 6.45) is 3.79. The summed E-state index contributed by atoms with van der Waals surface area (Å²) in [5.41, 5.74) is 0. The summed E-state index contributed by atoms with van der Waals surface area (Å²) in [6.45, 7) is 1.29. The number of hydrogen-bond donors (Lipinski definition) is 2. The maximum absolute atomic E-state index is 11.4. The molecule has 1 saturated carbocycles. The minimum Gasteiger partial charge on any atom is -0.368 e. The third-order valence-electron chi connectivity index (χ3n) is 2.72. The van der Waals surface area contributed by atoms with Crippen molar-refractivity contribution in [3.05, 3.63) is 12.3 Å². The maximum Gasteiger partial charge on any atom is 0.226 e. The zero-order valence-electron chi connectivity index (χ0n) is 10.8. The number of rotatable bonds is 6. The van der Waals surface area contributed by atoms with Gasteiger partial charge >= 0.3 is 0 Å². The number of carbonyl (C=O) groups is 1. The standard InChI is InChI=1S/C12H19N5O/c1-17(2)12-15-6-5-10(16-12)13-7-8-14-11(18)9-3-4-9/h5-6,9H,3-4,7-8H2,1-2H3,(H,14,18)(H,13,15,16). The molecule has 18 heavy (non-hydrogen) atoms. The van der Waals surface area contributed by atoms with Crippen molar-refractivity contribution in [2.24, 2.45) is 5.92 Å². The van der Waals surface area contributed by atoms with E-state index >= 15 is 0 Å². The number of nitrogens with one attached hydrogen (secondary N) is 2. The fourth-order valence-corrected chi connectivity index (χ4v) is 1.53. The number of carbonyl (C=O) groups excluding carboxylic acids is 1. The molecule has 0 atom stereocenters. The fraction of sp³-hybridized carbons (Fsp3) is 0.583. The highest BCUT2D eigenvalue weighted by Gasteiger charge is 2.28. The largest absolute Gasteiger partial charge is 0.368 e. The summed E-state index contributed by atoms with van der Waals surface area (Å²) in [6, 6.07) is 1.82. The molecule has 1 aliphatic carbocycles. The van der Waals surface area contributed by atoms with E-state index in [2.05, 4.69) is 20.6 Å². The van der Waals surface area contributed by atoms with Gasteiger partial charge in [-0.3, -0.25) is 4.79 Å². The molecule has 0 saturated heterocycles. The number of anilines is 2. The Morgan fingerprint density at radius 3 is 2.89 bits per heavy atom. The second kappa shape index (κ2) is 5.66. The lowest BCUT2D eigenvalue weighted by atomic mass is 10.4. The van der Waals surface area contributed by atoms with Crippen LogP contribution in [0.5, 0.6) is 0 Å². The summed E-state index contributed by atoms with van der Waals surface area (Å²) in [5, 5.41) is 6.06. The Morgan fingerprint density at radius 2 is 2.22 bits per heavy atom. The van der Waals surface area contributed by atoms with E-state index in [1.54, 1.807) is 6.20 Å². The first-order valence-electron chi connectivity index (χ1n) is 6.19. The van der Waals surface area contributed by atoms with Crippen molar-refractivity contribution in [2.75, 3.05) is 37.4 Å². The first kappa shape index (κ1) is 12.6. The van der Waals surface area contributed by atoms with Crippen LogP contribution in [0.1, 0.15) is 12.8 Å². The molecule has 6 nitrogen and oxygen atoms in total. The topological polar surface area (TPSA) is 70.2 Å². The molecule has 1 heterocycles. The highest BCUT2D eigenvalue weighted by Crippen LogP contribution is 2.28. The normalized spacial score (nSPS) is 14.1. The summed E-state index contributed by atoms with van der Waals surface area (Å²) in [7, 11) is 3.80. The Labute approximate surface area is 107 Å². The molecule has 1 aromatic rings. The highest BCUT2D eigenvalue weighted by molar-refractivity contribution is 5.80. The van der Waals surface area contributed by atoms with Crippen LogP contribution in [0.25, 0.3) is 0 Å². The average Bonchev–Trinajstić information content (AvgIpc) is 3.19. The Balaban J connectivity index is 1.72. The second-order valence-corrected chi connectivity index (χ2v) is 4.63. The molecule has 6 heteroatoms. The molecule has 0 aliphatic heterocycles. The lowest BCUT2D eigenvalue weighted by Gasteiger charge is -2.11. The van der Waals surface area contributed by atoms with E-state index in [9.17, 15) is 4.79 Å². The van der Waals surface area contributed by atoms with Gasteiger partial charge in [0.15, 0.2) is 0 Å². The van der Waals surface area contributed by atoms with Crippen LogP contribution in [0.3, 0.4) is 0 Å². The third-order valence-corrected chi connectivity index (χ3v) is 2.72. The monoisotopic (exact) mass is 249 g/mol. The van der Waals surface area contributed by atoms with Crippen molar-refractivity contribution in [2.45, 2.75) is 12.8 Å². The number of hydrogen-bond acceptors (Lipinski definition) is 5. The van der Waals surface area contributed by atoms with E-state index in [1.165, 1.54) is 0 Å². The van der Waals surface area contributed by atoms with Gasteiger partial charge in [-0.1, -0.05) is 0 Å². The smallest absolute Gasteiger partial charge is 0.226 e. The van der Waals surface area contributed by atoms with E-state index < -0.39 is 0 Å². The molecule has 0 spiro atoms. The molecule has 0 aromatic carbocycles. The molecular formula is C12H19N5O. The van der Waals surface area contributed by atoms with Gasteiger partial charge in [0.25, 0.3) is 0 Å². The van der Waals surface area contributed by atoms with Gasteiger partial charge in [0.1, 0.15) is 5.82 Å². The fourth-order valence-electron chi connectivity index (χ4n) is 1.53. The zero-order chi connectivity index (χ0) is 13.0. The summed E-state index contributed by atoms with van der Waals surface area (Å²) >= 11 is 0. The zero-order valence-corrected chi connectivity index (χ0v) is 10.8. The van der Waals surface area contributed by atoms with Gasteiger partial charge in [-0.05, 0) is 18.9 Å². The quantitative estimate of drug-likeness (QED) is 0.718. The van der Waals surface area contributed by atoms with Crippen LogP contribution in [0, 0.1) is 5.92 Å². The molecule has 1 aliphatic rings. The van der Waals surface area contributed by atoms with Gasteiger partial charge in [0.2, 0.25) is 11.9 Å². The van der Waals surface area contributed by atoms with Crippen LogP contribution in [0.4, 0.5) is 11.8 Å². The highest BCUT2D eigenvalue weighted by atomic mass is 16.2. The van der Waals surface area contributed by atoms with E-state index in [4.69, 9.17) is 0 Å². The molecule has 1 amide bonds. The van der Waals surface area contributed by atoms with Crippen LogP contribution in [-0.4, -0.2) is 43.1 Å². The van der Waals surface area contributed by atoms with Gasteiger partial charge in [0, 0.05) is 39.3 Å². The SMILES string of the molecule is CN(C)c1nccc(NCCNC(=O)C2CC2)n1. The van der Waals surface area contributed by atoms with Gasteiger partial charge in [-0.2, -0.15) is 4.98 Å². The minimum absolute atomic E-state index is 0.175. The van der Waals surface area contributed by atoms with E-state index in [1.807, 2.05) is 25.1 Å². The van der Waals surface area contributed by atoms with Gasteiger partial charge < -0.3 is 15.5 Å². The average molecular weight is 249 g/mol. The first-order valence-corrected chi connectivity index (χ1v) is 6.19. The molecule has 1 aromatic heterocycles.